The number of nitrogens with one attached hydrogen (secondary N) is 1. The first kappa shape index (κ1) is 16.3. The second-order valence-electron chi connectivity index (χ2n) is 4.01. The number of alkyl halides is 3. The van der Waals surface area contributed by atoms with Crippen molar-refractivity contribution >= 4 is 6.09 Å². The van der Waals surface area contributed by atoms with Gasteiger partial charge in [-0.3, -0.25) is 0 Å². The van der Waals surface area contributed by atoms with Crippen molar-refractivity contribution < 1.29 is 27.4 Å². The van der Waals surface area contributed by atoms with Crippen molar-refractivity contribution in [2.45, 2.75) is 19.2 Å². The van der Waals surface area contributed by atoms with Crippen LogP contribution in [0, 0.1) is 0 Å². The normalized spacial score (nSPS) is 11.2. The Kier molecular flexibility index (Phi) is 6.86. The number of hydrogen-bond donors (Lipinski definition) is 1. The van der Waals surface area contributed by atoms with E-state index in [1.165, 1.54) is 0 Å². The van der Waals surface area contributed by atoms with Gasteiger partial charge in [-0.25, -0.2) is 4.79 Å². The summed E-state index contributed by atoms with van der Waals surface area (Å²) in [6.45, 7) is -0.525. The van der Waals surface area contributed by atoms with E-state index in [0.717, 1.165) is 5.56 Å². The molecule has 0 aliphatic heterocycles. The lowest BCUT2D eigenvalue weighted by Gasteiger charge is -2.09. The van der Waals surface area contributed by atoms with Crippen LogP contribution >= 0.6 is 0 Å². The molecule has 7 heteroatoms. The smallest absolute Gasteiger partial charge is 0.422 e. The fourth-order valence-corrected chi connectivity index (χ4v) is 1.33. The third-order valence-electron chi connectivity index (χ3n) is 2.21. The van der Waals surface area contributed by atoms with Crippen LogP contribution in [0.15, 0.2) is 30.3 Å². The van der Waals surface area contributed by atoms with Crippen LogP contribution in [0.25, 0.3) is 0 Å². The highest BCUT2D eigenvalue weighted by Crippen LogP contribution is 2.14. The number of benzene rings is 1. The Morgan fingerprint density at radius 1 is 1.20 bits per heavy atom. The van der Waals surface area contributed by atoms with Gasteiger partial charge in [-0.1, -0.05) is 30.3 Å². The lowest BCUT2D eigenvalue weighted by atomic mass is 10.2. The van der Waals surface area contributed by atoms with Crippen LogP contribution < -0.4 is 5.32 Å². The fraction of sp³-hybridized carbons (Fsp3) is 0.462. The molecule has 112 valence electrons. The SMILES string of the molecule is O=C(NCCCOCc1ccccc1)OCC(F)(F)F. The first-order valence-electron chi connectivity index (χ1n) is 6.06. The maximum atomic E-state index is 11.7. The van der Waals surface area contributed by atoms with E-state index in [-0.39, 0.29) is 6.54 Å². The lowest BCUT2D eigenvalue weighted by molar-refractivity contribution is -0.160. The van der Waals surface area contributed by atoms with Crippen molar-refractivity contribution in [3.05, 3.63) is 35.9 Å². The molecule has 0 spiro atoms. The van der Waals surface area contributed by atoms with Crippen molar-refractivity contribution in [3.8, 4) is 0 Å². The monoisotopic (exact) mass is 291 g/mol. The standard InChI is InChI=1S/C13H16F3NO3/c14-13(15,16)10-20-12(18)17-7-4-8-19-9-11-5-2-1-3-6-11/h1-3,5-6H,4,7-10H2,(H,17,18). The average molecular weight is 291 g/mol. The van der Waals surface area contributed by atoms with Gasteiger partial charge in [-0.05, 0) is 12.0 Å². The molecule has 4 nitrogen and oxygen atoms in total. The molecule has 0 radical (unpaired) electrons. The first-order valence-corrected chi connectivity index (χ1v) is 6.06. The van der Waals surface area contributed by atoms with Gasteiger partial charge in [-0.2, -0.15) is 13.2 Å². The Balaban J connectivity index is 1.98. The van der Waals surface area contributed by atoms with Crippen LogP contribution in [0.4, 0.5) is 18.0 Å². The largest absolute Gasteiger partial charge is 0.440 e. The highest BCUT2D eigenvalue weighted by Gasteiger charge is 2.29. The Bertz CT molecular complexity index is 396. The van der Waals surface area contributed by atoms with Gasteiger partial charge in [0.2, 0.25) is 0 Å². The maximum absolute atomic E-state index is 11.7. The quantitative estimate of drug-likeness (QED) is 0.786. The van der Waals surface area contributed by atoms with E-state index in [0.29, 0.717) is 19.6 Å². The molecule has 20 heavy (non-hydrogen) atoms. The van der Waals surface area contributed by atoms with Gasteiger partial charge < -0.3 is 14.8 Å². The minimum Gasteiger partial charge on any atom is -0.440 e. The fourth-order valence-electron chi connectivity index (χ4n) is 1.33. The minimum absolute atomic E-state index is 0.200. The number of amides is 1. The lowest BCUT2D eigenvalue weighted by Crippen LogP contribution is -2.30. The van der Waals surface area contributed by atoms with Crippen molar-refractivity contribution in [1.29, 1.82) is 0 Å². The summed E-state index contributed by atoms with van der Waals surface area (Å²) >= 11 is 0. The molecule has 0 aromatic heterocycles. The molecular formula is C13H16F3NO3. The van der Waals surface area contributed by atoms with E-state index in [1.54, 1.807) is 0 Å². The molecule has 0 saturated carbocycles. The van der Waals surface area contributed by atoms with Crippen LogP contribution in [0.3, 0.4) is 0 Å². The molecule has 0 aliphatic rings. The second-order valence-corrected chi connectivity index (χ2v) is 4.01. The molecule has 0 saturated heterocycles. The van der Waals surface area contributed by atoms with E-state index in [2.05, 4.69) is 10.1 Å². The minimum atomic E-state index is -4.50. The first-order chi connectivity index (χ1) is 9.47. The van der Waals surface area contributed by atoms with Gasteiger partial charge >= 0.3 is 12.3 Å². The molecule has 1 amide bonds. The third-order valence-corrected chi connectivity index (χ3v) is 2.21. The van der Waals surface area contributed by atoms with Gasteiger partial charge in [0, 0.05) is 13.2 Å². The van der Waals surface area contributed by atoms with E-state index in [4.69, 9.17) is 4.74 Å². The zero-order valence-electron chi connectivity index (χ0n) is 10.8. The zero-order valence-corrected chi connectivity index (χ0v) is 10.8. The summed E-state index contributed by atoms with van der Waals surface area (Å²) in [5.41, 5.74) is 1.03. The Morgan fingerprint density at radius 2 is 1.90 bits per heavy atom. The molecule has 1 N–H and O–H groups in total. The number of alkyl carbamates (subject to hydrolysis) is 1. The molecule has 0 aliphatic carbocycles. The third kappa shape index (κ3) is 8.36. The highest BCUT2D eigenvalue weighted by molar-refractivity contribution is 5.67. The topological polar surface area (TPSA) is 47.6 Å². The van der Waals surface area contributed by atoms with Crippen LogP contribution in [0.5, 0.6) is 0 Å². The number of rotatable bonds is 7. The molecule has 0 heterocycles. The van der Waals surface area contributed by atoms with Crippen molar-refractivity contribution in [2.75, 3.05) is 19.8 Å². The average Bonchev–Trinajstić information content (AvgIpc) is 2.41. The number of carbonyl (C=O) groups excluding carboxylic acids is 1. The van der Waals surface area contributed by atoms with Crippen LogP contribution in [-0.4, -0.2) is 32.0 Å². The molecule has 0 atom stereocenters. The summed E-state index contributed by atoms with van der Waals surface area (Å²) in [7, 11) is 0. The highest BCUT2D eigenvalue weighted by atomic mass is 19.4. The number of carbonyl (C=O) groups is 1. The summed E-state index contributed by atoms with van der Waals surface area (Å²) < 4.78 is 44.5. The summed E-state index contributed by atoms with van der Waals surface area (Å²) in [6.07, 6.45) is -5.09. The summed E-state index contributed by atoms with van der Waals surface area (Å²) in [5.74, 6) is 0. The maximum Gasteiger partial charge on any atom is 0.422 e. The van der Waals surface area contributed by atoms with E-state index in [9.17, 15) is 18.0 Å². The second kappa shape index (κ2) is 8.42. The van der Waals surface area contributed by atoms with Crippen LogP contribution in [0.2, 0.25) is 0 Å². The Morgan fingerprint density at radius 3 is 2.55 bits per heavy atom. The van der Waals surface area contributed by atoms with Crippen molar-refractivity contribution in [2.24, 2.45) is 0 Å². The van der Waals surface area contributed by atoms with E-state index in [1.807, 2.05) is 30.3 Å². The van der Waals surface area contributed by atoms with Gasteiger partial charge in [0.15, 0.2) is 6.61 Å². The molecule has 0 fully saturated rings. The Labute approximate surface area is 114 Å². The number of halogens is 3. The summed E-state index contributed by atoms with van der Waals surface area (Å²) in [5, 5.41) is 2.21. The molecule has 1 rings (SSSR count). The van der Waals surface area contributed by atoms with Crippen molar-refractivity contribution in [3.63, 3.8) is 0 Å². The van der Waals surface area contributed by atoms with E-state index < -0.39 is 18.9 Å². The van der Waals surface area contributed by atoms with Gasteiger partial charge in [0.25, 0.3) is 0 Å². The summed E-state index contributed by atoms with van der Waals surface area (Å²) in [6, 6.07) is 9.55. The number of hydrogen-bond acceptors (Lipinski definition) is 3. The summed E-state index contributed by atoms with van der Waals surface area (Å²) in [4.78, 5) is 10.9. The van der Waals surface area contributed by atoms with Crippen LogP contribution in [-0.2, 0) is 16.1 Å². The van der Waals surface area contributed by atoms with Gasteiger partial charge in [-0.15, -0.1) is 0 Å². The predicted molar refractivity (Wildman–Crippen MR) is 66.1 cm³/mol. The molecule has 0 bridgehead atoms. The van der Waals surface area contributed by atoms with Gasteiger partial charge in [0.05, 0.1) is 6.61 Å². The molecule has 1 aromatic rings. The predicted octanol–water partition coefficient (Wildman–Crippen LogP) is 2.88. The molecule has 0 unspecified atom stereocenters. The number of ether oxygens (including phenoxy) is 2. The molecular weight excluding hydrogens is 275 g/mol. The molecule has 1 aromatic carbocycles. The van der Waals surface area contributed by atoms with Crippen molar-refractivity contribution in [1.82, 2.24) is 5.32 Å². The van der Waals surface area contributed by atoms with E-state index >= 15 is 0 Å². The van der Waals surface area contributed by atoms with Crippen LogP contribution in [0.1, 0.15) is 12.0 Å². The Hall–Kier alpha value is -1.76. The van der Waals surface area contributed by atoms with Gasteiger partial charge in [0.1, 0.15) is 0 Å². The zero-order chi connectivity index (χ0) is 14.8.